The summed E-state index contributed by atoms with van der Waals surface area (Å²) in [5.41, 5.74) is 1.75. The highest BCUT2D eigenvalue weighted by Crippen LogP contribution is 2.45. The summed E-state index contributed by atoms with van der Waals surface area (Å²) in [5.74, 6) is -0.0248. The van der Waals surface area contributed by atoms with E-state index in [2.05, 4.69) is 12.2 Å². The lowest BCUT2D eigenvalue weighted by molar-refractivity contribution is -0.114. The summed E-state index contributed by atoms with van der Waals surface area (Å²) >= 11 is 1.55. The minimum absolute atomic E-state index is 0.144. The molecule has 22 heavy (non-hydrogen) atoms. The van der Waals surface area contributed by atoms with E-state index in [9.17, 15) is 9.59 Å². The smallest absolute Gasteiger partial charge is 0.341 e. The van der Waals surface area contributed by atoms with Crippen LogP contribution in [0.3, 0.4) is 0 Å². The summed E-state index contributed by atoms with van der Waals surface area (Å²) in [7, 11) is 0. The van der Waals surface area contributed by atoms with E-state index in [-0.39, 0.29) is 11.9 Å². The molecule has 1 aromatic rings. The second kappa shape index (κ2) is 7.77. The van der Waals surface area contributed by atoms with E-state index in [0.717, 1.165) is 44.1 Å². The molecule has 1 aliphatic carbocycles. The predicted molar refractivity (Wildman–Crippen MR) is 89.8 cm³/mol. The molecular weight excluding hydrogens is 298 g/mol. The Hall–Kier alpha value is -1.36. The third kappa shape index (κ3) is 3.69. The molecule has 0 aliphatic heterocycles. The second-order valence-corrected chi connectivity index (χ2v) is 6.88. The Bertz CT molecular complexity index is 550. The van der Waals surface area contributed by atoms with Gasteiger partial charge in [-0.05, 0) is 44.1 Å². The lowest BCUT2D eigenvalue weighted by Gasteiger charge is -2.23. The number of nitrogens with one attached hydrogen (secondary N) is 1. The zero-order chi connectivity index (χ0) is 16.1. The van der Waals surface area contributed by atoms with E-state index in [0.29, 0.717) is 23.1 Å². The first-order valence-electron chi connectivity index (χ1n) is 8.18. The number of amides is 1. The Morgan fingerprint density at radius 2 is 2.14 bits per heavy atom. The maximum absolute atomic E-state index is 12.4. The highest BCUT2D eigenvalue weighted by atomic mass is 32.1. The molecule has 0 radical (unpaired) electrons. The van der Waals surface area contributed by atoms with Crippen LogP contribution >= 0.6 is 11.3 Å². The van der Waals surface area contributed by atoms with E-state index in [1.165, 1.54) is 11.8 Å². The Kier molecular flexibility index (Phi) is 6.00. The lowest BCUT2D eigenvalue weighted by Crippen LogP contribution is -2.16. The van der Waals surface area contributed by atoms with Crippen LogP contribution < -0.4 is 5.32 Å². The van der Waals surface area contributed by atoms with E-state index in [1.807, 2.05) is 6.92 Å². The average Bonchev–Trinajstić information content (AvgIpc) is 2.82. The summed E-state index contributed by atoms with van der Waals surface area (Å²) < 4.78 is 5.24. The number of fused-ring (bicyclic) bond motifs is 1. The van der Waals surface area contributed by atoms with Gasteiger partial charge in [0.25, 0.3) is 0 Å². The number of ether oxygens (including phenoxy) is 1. The lowest BCUT2D eigenvalue weighted by atomic mass is 9.82. The van der Waals surface area contributed by atoms with Gasteiger partial charge in [0.05, 0.1) is 12.2 Å². The second-order valence-electron chi connectivity index (χ2n) is 5.78. The van der Waals surface area contributed by atoms with Crippen LogP contribution in [0.25, 0.3) is 0 Å². The third-order valence-corrected chi connectivity index (χ3v) is 5.24. The molecule has 0 fully saturated rings. The monoisotopic (exact) mass is 323 g/mol. The minimum Gasteiger partial charge on any atom is -0.462 e. The first kappa shape index (κ1) is 17.0. The van der Waals surface area contributed by atoms with Gasteiger partial charge in [-0.15, -0.1) is 11.3 Å². The van der Waals surface area contributed by atoms with Gasteiger partial charge in [0, 0.05) is 11.8 Å². The van der Waals surface area contributed by atoms with Crippen molar-refractivity contribution < 1.29 is 14.3 Å². The van der Waals surface area contributed by atoms with Crippen LogP contribution in [-0.4, -0.2) is 18.5 Å². The number of aryl methyl sites for hydroxylation is 1. The molecule has 122 valence electrons. The molecule has 4 nitrogen and oxygen atoms in total. The highest BCUT2D eigenvalue weighted by molar-refractivity contribution is 7.17. The zero-order valence-corrected chi connectivity index (χ0v) is 14.5. The molecule has 0 aromatic carbocycles. The summed E-state index contributed by atoms with van der Waals surface area (Å²) in [5, 5.41) is 3.49. The van der Waals surface area contributed by atoms with Crippen LogP contribution in [0, 0.1) is 0 Å². The Morgan fingerprint density at radius 3 is 2.77 bits per heavy atom. The molecule has 1 atom stereocenters. The zero-order valence-electron chi connectivity index (χ0n) is 13.7. The Morgan fingerprint density at radius 1 is 1.36 bits per heavy atom. The molecular formula is C17H25NO3S. The molecule has 1 unspecified atom stereocenters. The number of esters is 1. The summed E-state index contributed by atoms with van der Waals surface area (Å²) in [6.45, 7) is 5.82. The molecule has 1 aliphatic rings. The van der Waals surface area contributed by atoms with Crippen molar-refractivity contribution >= 4 is 28.2 Å². The number of thiophene rings is 1. The van der Waals surface area contributed by atoms with E-state index >= 15 is 0 Å². The number of unbranched alkanes of at least 4 members (excludes halogenated alkanes) is 1. The number of hydrogen-bond acceptors (Lipinski definition) is 4. The van der Waals surface area contributed by atoms with Gasteiger partial charge >= 0.3 is 5.97 Å². The molecule has 0 bridgehead atoms. The fourth-order valence-corrected chi connectivity index (χ4v) is 4.52. The number of carbonyl (C=O) groups is 2. The van der Waals surface area contributed by atoms with Gasteiger partial charge in [0.2, 0.25) is 5.91 Å². The van der Waals surface area contributed by atoms with Gasteiger partial charge in [-0.1, -0.05) is 19.8 Å². The molecule has 0 spiro atoms. The van der Waals surface area contributed by atoms with Crippen LogP contribution in [0.1, 0.15) is 79.6 Å². The maximum Gasteiger partial charge on any atom is 0.341 e. The first-order chi connectivity index (χ1) is 10.6. The van der Waals surface area contributed by atoms with Crippen molar-refractivity contribution in [1.82, 2.24) is 0 Å². The van der Waals surface area contributed by atoms with Crippen molar-refractivity contribution in [2.75, 3.05) is 11.9 Å². The van der Waals surface area contributed by atoms with Crippen LogP contribution in [-0.2, 0) is 16.0 Å². The topological polar surface area (TPSA) is 55.4 Å². The van der Waals surface area contributed by atoms with Gasteiger partial charge in [0.1, 0.15) is 5.00 Å². The normalized spacial score (nSPS) is 17.0. The van der Waals surface area contributed by atoms with Gasteiger partial charge < -0.3 is 10.1 Å². The van der Waals surface area contributed by atoms with Crippen molar-refractivity contribution in [1.29, 1.82) is 0 Å². The van der Waals surface area contributed by atoms with Gasteiger partial charge in [-0.2, -0.15) is 0 Å². The van der Waals surface area contributed by atoms with Gasteiger partial charge in [-0.25, -0.2) is 4.79 Å². The van der Waals surface area contributed by atoms with Crippen LogP contribution in [0.2, 0.25) is 0 Å². The third-order valence-electron chi connectivity index (χ3n) is 4.06. The van der Waals surface area contributed by atoms with Crippen molar-refractivity contribution in [2.45, 2.75) is 65.2 Å². The molecule has 0 saturated carbocycles. The van der Waals surface area contributed by atoms with Crippen LogP contribution in [0.15, 0.2) is 0 Å². The SMILES string of the molecule is CCCCC1CCCc2sc(NC(C)=O)c(C(=O)OCC)c21. The van der Waals surface area contributed by atoms with Crippen LogP contribution in [0.5, 0.6) is 0 Å². The van der Waals surface area contributed by atoms with Gasteiger partial charge in [-0.3, -0.25) is 4.79 Å². The number of carbonyl (C=O) groups excluding carboxylic acids is 2. The van der Waals surface area contributed by atoms with Crippen molar-refractivity contribution in [3.8, 4) is 0 Å². The highest BCUT2D eigenvalue weighted by Gasteiger charge is 2.32. The largest absolute Gasteiger partial charge is 0.462 e. The number of hydrogen-bond donors (Lipinski definition) is 1. The molecule has 1 aromatic heterocycles. The molecule has 1 N–H and O–H groups in total. The first-order valence-corrected chi connectivity index (χ1v) is 9.00. The van der Waals surface area contributed by atoms with E-state index < -0.39 is 0 Å². The number of anilines is 1. The number of rotatable bonds is 6. The Balaban J connectivity index is 2.43. The minimum atomic E-state index is -0.299. The predicted octanol–water partition coefficient (Wildman–Crippen LogP) is 4.49. The average molecular weight is 323 g/mol. The maximum atomic E-state index is 12.4. The van der Waals surface area contributed by atoms with Crippen LogP contribution in [0.4, 0.5) is 5.00 Å². The van der Waals surface area contributed by atoms with Gasteiger partial charge in [0.15, 0.2) is 0 Å². The fourth-order valence-electron chi connectivity index (χ4n) is 3.15. The molecule has 2 rings (SSSR count). The van der Waals surface area contributed by atoms with Crippen molar-refractivity contribution in [2.24, 2.45) is 0 Å². The summed E-state index contributed by atoms with van der Waals surface area (Å²) in [6.07, 6.45) is 6.70. The fraction of sp³-hybridized carbons (Fsp3) is 0.647. The standard InChI is InChI=1S/C17H25NO3S/c1-4-6-8-12-9-7-10-13-14(12)15(17(20)21-5-2)16(22-13)18-11(3)19/h12H,4-10H2,1-3H3,(H,18,19). The summed E-state index contributed by atoms with van der Waals surface area (Å²) in [6, 6.07) is 0. The molecule has 1 heterocycles. The molecule has 0 saturated heterocycles. The van der Waals surface area contributed by atoms with Crippen molar-refractivity contribution in [3.63, 3.8) is 0 Å². The van der Waals surface area contributed by atoms with Crippen molar-refractivity contribution in [3.05, 3.63) is 16.0 Å². The quantitative estimate of drug-likeness (QED) is 0.785. The van der Waals surface area contributed by atoms with E-state index in [1.54, 1.807) is 11.3 Å². The molecule has 5 heteroatoms. The Labute approximate surface area is 136 Å². The molecule has 1 amide bonds. The van der Waals surface area contributed by atoms with E-state index in [4.69, 9.17) is 4.74 Å². The summed E-state index contributed by atoms with van der Waals surface area (Å²) in [4.78, 5) is 25.1.